The highest BCUT2D eigenvalue weighted by molar-refractivity contribution is 6.83. The summed E-state index contributed by atoms with van der Waals surface area (Å²) in [7, 11) is -2.03. The molecule has 0 radical (unpaired) electrons. The predicted octanol–water partition coefficient (Wildman–Crippen LogP) is 12.3. The molecule has 1 N–H and O–H groups in total. The Morgan fingerprint density at radius 3 is 1.51 bits per heavy atom. The lowest BCUT2D eigenvalue weighted by Crippen LogP contribution is -2.75. The van der Waals surface area contributed by atoms with E-state index >= 15 is 0 Å². The van der Waals surface area contributed by atoms with Crippen LogP contribution in [0.3, 0.4) is 0 Å². The number of alkyl carbamates (subject to hydrolysis) is 1. The zero-order valence-electron chi connectivity index (χ0n) is 33.5. The van der Waals surface area contributed by atoms with Crippen molar-refractivity contribution in [3.05, 3.63) is 70.8 Å². The number of ether oxygens (including phenoxy) is 2. The van der Waals surface area contributed by atoms with Gasteiger partial charge in [-0.2, -0.15) is 96.6 Å². The van der Waals surface area contributed by atoms with Crippen LogP contribution in [0.15, 0.2) is 48.5 Å². The van der Waals surface area contributed by atoms with Crippen LogP contribution in [-0.2, 0) is 39.9 Å². The highest BCUT2D eigenvalue weighted by atomic mass is 28.3. The number of carbonyl (C=O) groups excluding carboxylic acids is 2. The molecule has 0 spiro atoms. The number of hydrogen-bond acceptors (Lipinski definition) is 4. The maximum Gasteiger partial charge on any atom is 0.460 e. The van der Waals surface area contributed by atoms with E-state index in [1.807, 2.05) is 19.6 Å². The molecule has 0 aliphatic heterocycles. The van der Waals surface area contributed by atoms with Crippen molar-refractivity contribution < 1.29 is 116 Å². The van der Waals surface area contributed by atoms with Gasteiger partial charge in [-0.05, 0) is 43.0 Å². The van der Waals surface area contributed by atoms with E-state index in [9.17, 15) is 106 Å². The van der Waals surface area contributed by atoms with Gasteiger partial charge in [-0.15, -0.1) is 5.54 Å². The molecule has 28 heteroatoms. The largest absolute Gasteiger partial charge is 0.460 e. The van der Waals surface area contributed by atoms with Gasteiger partial charge in [-0.1, -0.05) is 68.0 Å². The Balaban J connectivity index is 2.27. The Morgan fingerprint density at radius 2 is 1.06 bits per heavy atom. The minimum Gasteiger partial charge on any atom is -0.445 e. The molecule has 0 bridgehead atoms. The lowest BCUT2D eigenvalue weighted by atomic mass is 9.86. The minimum atomic E-state index is -9.03. The van der Waals surface area contributed by atoms with Crippen molar-refractivity contribution in [2.24, 2.45) is 0 Å². The third-order valence-corrected chi connectivity index (χ3v) is 9.54. The van der Waals surface area contributed by atoms with Crippen LogP contribution in [0.5, 0.6) is 0 Å². The van der Waals surface area contributed by atoms with Crippen LogP contribution >= 0.6 is 0 Å². The summed E-state index contributed by atoms with van der Waals surface area (Å²) >= 11 is 0. The third-order valence-electron chi connectivity index (χ3n) is 8.67. The second kappa shape index (κ2) is 18.2. The molecule has 0 aromatic heterocycles. The molecule has 1 amide bonds. The number of hydrogen-bond donors (Lipinski definition) is 1. The molecule has 2 aromatic rings. The molecule has 0 fully saturated rings. The number of benzene rings is 2. The summed E-state index contributed by atoms with van der Waals surface area (Å²) < 4.78 is 310. The summed E-state index contributed by atoms with van der Waals surface area (Å²) in [4.78, 5) is 25.9. The lowest BCUT2D eigenvalue weighted by Gasteiger charge is -2.43. The van der Waals surface area contributed by atoms with Crippen LogP contribution < -0.4 is 5.32 Å². The van der Waals surface area contributed by atoms with E-state index in [1.165, 1.54) is 19.9 Å². The molecule has 65 heavy (non-hydrogen) atoms. The van der Waals surface area contributed by atoms with Crippen molar-refractivity contribution in [1.82, 2.24) is 5.32 Å². The van der Waals surface area contributed by atoms with E-state index in [1.54, 1.807) is 0 Å². The van der Waals surface area contributed by atoms with Crippen LogP contribution in [0.2, 0.25) is 19.6 Å². The first-order valence-corrected chi connectivity index (χ1v) is 21.3. The van der Waals surface area contributed by atoms with Crippen molar-refractivity contribution in [3.8, 4) is 11.5 Å². The number of rotatable bonds is 17. The number of carbonyl (C=O) groups is 2. The van der Waals surface area contributed by atoms with E-state index < -0.39 is 129 Å². The van der Waals surface area contributed by atoms with Gasteiger partial charge in [-0.3, -0.25) is 0 Å². The van der Waals surface area contributed by atoms with Gasteiger partial charge in [-0.25, -0.2) is 9.59 Å². The van der Waals surface area contributed by atoms with Crippen molar-refractivity contribution in [2.75, 3.05) is 0 Å². The van der Waals surface area contributed by atoms with Gasteiger partial charge in [0.1, 0.15) is 20.7 Å². The van der Waals surface area contributed by atoms with Gasteiger partial charge in [0.2, 0.25) is 0 Å². The van der Waals surface area contributed by atoms with Gasteiger partial charge < -0.3 is 14.8 Å². The van der Waals surface area contributed by atoms with Gasteiger partial charge in [0.25, 0.3) is 0 Å². The van der Waals surface area contributed by atoms with Crippen molar-refractivity contribution in [1.29, 1.82) is 0 Å². The molecule has 0 unspecified atom stereocenters. The molecule has 1 atom stereocenters. The van der Waals surface area contributed by atoms with Crippen LogP contribution in [0.25, 0.3) is 0 Å². The molecular formula is C37H33F22NO4Si. The predicted molar refractivity (Wildman–Crippen MR) is 184 cm³/mol. The fourth-order valence-corrected chi connectivity index (χ4v) is 5.65. The van der Waals surface area contributed by atoms with Gasteiger partial charge in [0.05, 0.1) is 5.56 Å². The third kappa shape index (κ3) is 11.9. The molecule has 368 valence electrons. The molecule has 2 rings (SSSR count). The highest BCUT2D eigenvalue weighted by Crippen LogP contribution is 2.65. The quantitative estimate of drug-likeness (QED) is 0.0742. The summed E-state index contributed by atoms with van der Waals surface area (Å²) in [6.07, 6.45) is -19.2. The van der Waals surface area contributed by atoms with Gasteiger partial charge in [0.15, 0.2) is 5.60 Å². The monoisotopic (exact) mass is 1000 g/mol. The Kier molecular flexibility index (Phi) is 15.9. The number of halogens is 22. The summed E-state index contributed by atoms with van der Waals surface area (Å²) in [6.45, 7) is 7.51. The van der Waals surface area contributed by atoms with E-state index in [2.05, 4.69) is 16.8 Å². The number of amides is 1. The van der Waals surface area contributed by atoms with Crippen LogP contribution in [0, 0.1) is 11.5 Å². The number of esters is 1. The first-order chi connectivity index (χ1) is 28.7. The Hall–Kier alpha value is -4.58. The molecule has 0 heterocycles. The summed E-state index contributed by atoms with van der Waals surface area (Å²) in [5.41, 5.74) is -0.542. The second-order valence-corrected chi connectivity index (χ2v) is 20.4. The Labute approximate surface area is 354 Å². The standard InChI is InChI=1S/C37H33F22NO4Si/c1-27(2,15-16-65(3,4)5)64-25(61)24(18-22-7-6-8-23(17-22)29(40,41)42)60-26(62)63-19-21-11-9-20(10-12-21)13-14-28(38,39)30(43,44)31(45,46)32(47,48)33(49,50)34(51,52)35(53,54)36(55,56)37(57,58)59/h6-12,17,24H,13-14,18-19H2,1-5H3,(H,60,62)/t24-/m0/s1. The van der Waals surface area contributed by atoms with Gasteiger partial charge >= 0.3 is 71.8 Å². The number of nitrogens with one attached hydrogen (secondary N) is 1. The molecule has 2 aromatic carbocycles. The van der Waals surface area contributed by atoms with E-state index in [0.717, 1.165) is 24.3 Å². The number of alkyl halides is 22. The Morgan fingerprint density at radius 1 is 0.615 bits per heavy atom. The lowest BCUT2D eigenvalue weighted by molar-refractivity contribution is -0.468. The van der Waals surface area contributed by atoms with E-state index in [0.29, 0.717) is 18.2 Å². The Bertz CT molecular complexity index is 2060. The number of aryl methyl sites for hydroxylation is 1. The second-order valence-electron chi connectivity index (χ2n) is 15.6. The average Bonchev–Trinajstić information content (AvgIpc) is 3.14. The minimum absolute atomic E-state index is 0.124. The first kappa shape index (κ1) is 56.5. The molecule has 0 aliphatic carbocycles. The smallest absolute Gasteiger partial charge is 0.445 e. The summed E-state index contributed by atoms with van der Waals surface area (Å²) in [5, 5.41) is 2.08. The molecular weight excluding hydrogens is 968 g/mol. The SMILES string of the molecule is CC(C)(C#C[Si](C)(C)C)OC(=O)[C@H](Cc1cccc(C(F)(F)F)c1)NC(=O)OCc1ccc(CCC(F)(F)C(F)(F)C(F)(F)C(F)(F)C(F)(F)C(F)(F)C(F)(F)C(F)(F)C(F)(F)F)cc1. The van der Waals surface area contributed by atoms with Crippen LogP contribution in [0.4, 0.5) is 101 Å². The maximum absolute atomic E-state index is 14.4. The summed E-state index contributed by atoms with van der Waals surface area (Å²) in [6, 6.07) is 4.89. The van der Waals surface area contributed by atoms with E-state index in [-0.39, 0.29) is 11.1 Å². The van der Waals surface area contributed by atoms with Crippen molar-refractivity contribution >= 4 is 20.1 Å². The zero-order chi connectivity index (χ0) is 51.1. The molecule has 0 saturated carbocycles. The summed E-state index contributed by atoms with van der Waals surface area (Å²) in [5.74, 6) is -65.8. The van der Waals surface area contributed by atoms with Crippen molar-refractivity contribution in [3.63, 3.8) is 0 Å². The molecule has 0 saturated heterocycles. The maximum atomic E-state index is 14.4. The van der Waals surface area contributed by atoms with Crippen LogP contribution in [-0.4, -0.2) is 85.3 Å². The highest BCUT2D eigenvalue weighted by Gasteiger charge is 2.96. The topological polar surface area (TPSA) is 64.6 Å². The van der Waals surface area contributed by atoms with Gasteiger partial charge in [0, 0.05) is 12.8 Å². The van der Waals surface area contributed by atoms with Crippen molar-refractivity contribution in [2.45, 2.75) is 131 Å². The fraction of sp³-hybridized carbons (Fsp3) is 0.568. The van der Waals surface area contributed by atoms with E-state index in [4.69, 9.17) is 9.47 Å². The zero-order valence-corrected chi connectivity index (χ0v) is 34.5. The fourth-order valence-electron chi connectivity index (χ4n) is 4.98. The molecule has 5 nitrogen and oxygen atoms in total. The first-order valence-electron chi connectivity index (χ1n) is 17.8. The normalized spacial score (nSPS) is 14.9. The van der Waals surface area contributed by atoms with Crippen LogP contribution in [0.1, 0.15) is 42.5 Å². The average molecular weight is 1000 g/mol. The molecule has 0 aliphatic rings.